The van der Waals surface area contributed by atoms with Crippen LogP contribution in [-0.4, -0.2) is 33.5 Å². The van der Waals surface area contributed by atoms with Crippen LogP contribution in [0.1, 0.15) is 103 Å². The maximum Gasteiger partial charge on any atom is 0.303 e. The van der Waals surface area contributed by atoms with Crippen molar-refractivity contribution in [3.63, 3.8) is 0 Å². The third-order valence-electron chi connectivity index (χ3n) is 8.24. The van der Waals surface area contributed by atoms with Crippen molar-refractivity contribution in [3.05, 3.63) is 11.6 Å². The van der Waals surface area contributed by atoms with E-state index in [2.05, 4.69) is 24.8 Å². The van der Waals surface area contributed by atoms with E-state index in [1.807, 2.05) is 0 Å². The summed E-state index contributed by atoms with van der Waals surface area (Å²) in [6.07, 6.45) is 16.3. The number of fused-ring (bicyclic) bond motifs is 1. The van der Waals surface area contributed by atoms with Crippen LogP contribution in [0.5, 0.6) is 0 Å². The van der Waals surface area contributed by atoms with Crippen molar-refractivity contribution >= 4 is 5.97 Å². The lowest BCUT2D eigenvalue weighted by atomic mass is 9.45. The Labute approximate surface area is 188 Å². The predicted octanol–water partition coefficient (Wildman–Crippen LogP) is 5.47. The van der Waals surface area contributed by atoms with E-state index < -0.39 is 18.2 Å². The van der Waals surface area contributed by atoms with Crippen molar-refractivity contribution in [2.24, 2.45) is 23.2 Å². The molecule has 0 aromatic carbocycles. The lowest BCUT2D eigenvalue weighted by Crippen LogP contribution is -2.53. The first-order valence-corrected chi connectivity index (χ1v) is 12.8. The van der Waals surface area contributed by atoms with E-state index in [4.69, 9.17) is 5.11 Å². The van der Waals surface area contributed by atoms with Crippen LogP contribution in [0, 0.1) is 35.0 Å². The van der Waals surface area contributed by atoms with Gasteiger partial charge in [0.1, 0.15) is 6.10 Å². The Bertz CT molecular complexity index is 681. The Kier molecular flexibility index (Phi) is 9.05. The summed E-state index contributed by atoms with van der Waals surface area (Å²) in [6, 6.07) is 0. The van der Waals surface area contributed by atoms with Gasteiger partial charge in [0, 0.05) is 6.42 Å². The molecule has 3 rings (SSSR count). The zero-order valence-corrected chi connectivity index (χ0v) is 19.3. The van der Waals surface area contributed by atoms with Gasteiger partial charge in [-0.3, -0.25) is 4.79 Å². The van der Waals surface area contributed by atoms with E-state index in [1.165, 1.54) is 50.5 Å². The van der Waals surface area contributed by atoms with E-state index in [1.54, 1.807) is 0 Å². The van der Waals surface area contributed by atoms with E-state index in [0.29, 0.717) is 12.3 Å². The summed E-state index contributed by atoms with van der Waals surface area (Å²) < 4.78 is 0. The second-order valence-electron chi connectivity index (χ2n) is 10.2. The fourth-order valence-corrected chi connectivity index (χ4v) is 6.35. The maximum atomic E-state index is 11.0. The highest BCUT2D eigenvalue weighted by Gasteiger charge is 2.56. The first-order chi connectivity index (χ1) is 15.0. The SMILES string of the molecule is CCCCCC[C@]12CC[C@@H](O)[C@H](C#CC(O)C3CCCCC3)[C@H]1CC2=CCCC(=O)O. The highest BCUT2D eigenvalue weighted by Crippen LogP contribution is 2.63. The summed E-state index contributed by atoms with van der Waals surface area (Å²) in [7, 11) is 0. The summed E-state index contributed by atoms with van der Waals surface area (Å²) in [4.78, 5) is 11.0. The smallest absolute Gasteiger partial charge is 0.303 e. The Balaban J connectivity index is 1.72. The minimum atomic E-state index is -0.746. The number of aliphatic carboxylic acids is 1. The monoisotopic (exact) mass is 430 g/mol. The molecule has 3 aliphatic carbocycles. The molecule has 0 radical (unpaired) electrons. The highest BCUT2D eigenvalue weighted by molar-refractivity contribution is 5.66. The molecule has 4 heteroatoms. The third-order valence-corrected chi connectivity index (χ3v) is 8.24. The minimum absolute atomic E-state index is 0.0743. The van der Waals surface area contributed by atoms with Crippen LogP contribution in [0.25, 0.3) is 0 Å². The molecule has 0 aliphatic heterocycles. The van der Waals surface area contributed by atoms with E-state index in [0.717, 1.165) is 38.5 Å². The van der Waals surface area contributed by atoms with Crippen LogP contribution in [0.4, 0.5) is 0 Å². The molecule has 0 amide bonds. The van der Waals surface area contributed by atoms with Crippen LogP contribution >= 0.6 is 0 Å². The Morgan fingerprint density at radius 1 is 1.19 bits per heavy atom. The average molecular weight is 431 g/mol. The van der Waals surface area contributed by atoms with Gasteiger partial charge in [0.25, 0.3) is 0 Å². The van der Waals surface area contributed by atoms with Crippen LogP contribution < -0.4 is 0 Å². The van der Waals surface area contributed by atoms with Gasteiger partial charge >= 0.3 is 5.97 Å². The standard InChI is InChI=1S/C27H42O4/c1-2-3-4-8-17-27-18-16-25(29)22(14-15-24(28)20-10-6-5-7-11-20)23(27)19-21(27)12-9-13-26(30)31/h12,20,22-25,28-29H,2-11,13,16-19H2,1H3,(H,30,31)/t22-,23-,24?,25-,27-/m1/s1. The second-order valence-corrected chi connectivity index (χ2v) is 10.2. The highest BCUT2D eigenvalue weighted by atomic mass is 16.4. The van der Waals surface area contributed by atoms with Gasteiger partial charge in [-0.05, 0) is 62.2 Å². The number of rotatable bonds is 9. The molecule has 4 nitrogen and oxygen atoms in total. The molecule has 0 heterocycles. The molecule has 5 atom stereocenters. The van der Waals surface area contributed by atoms with Gasteiger partial charge < -0.3 is 15.3 Å². The lowest BCUT2D eigenvalue weighted by molar-refractivity contribution is -0.136. The van der Waals surface area contributed by atoms with Crippen molar-refractivity contribution in [1.82, 2.24) is 0 Å². The Morgan fingerprint density at radius 2 is 1.97 bits per heavy atom. The van der Waals surface area contributed by atoms with Crippen LogP contribution in [0.15, 0.2) is 11.6 Å². The molecule has 3 fully saturated rings. The number of aliphatic hydroxyl groups is 2. The summed E-state index contributed by atoms with van der Waals surface area (Å²) >= 11 is 0. The number of carbonyl (C=O) groups is 1. The van der Waals surface area contributed by atoms with Crippen molar-refractivity contribution < 1.29 is 20.1 Å². The van der Waals surface area contributed by atoms with Crippen molar-refractivity contribution in [2.45, 2.75) is 115 Å². The summed E-state index contributed by atoms with van der Waals surface area (Å²) in [6.45, 7) is 2.22. The van der Waals surface area contributed by atoms with Crippen LogP contribution in [0.3, 0.4) is 0 Å². The fourth-order valence-electron chi connectivity index (χ4n) is 6.35. The van der Waals surface area contributed by atoms with Crippen molar-refractivity contribution in [1.29, 1.82) is 0 Å². The molecule has 0 aromatic heterocycles. The van der Waals surface area contributed by atoms with E-state index >= 15 is 0 Å². The second kappa shape index (κ2) is 11.5. The first kappa shape index (κ1) is 24.3. The quantitative estimate of drug-likeness (QED) is 0.257. The van der Waals surface area contributed by atoms with Crippen molar-refractivity contribution in [3.8, 4) is 11.8 Å². The molecule has 0 saturated heterocycles. The van der Waals surface area contributed by atoms with E-state index in [-0.39, 0.29) is 23.7 Å². The number of allylic oxidation sites excluding steroid dienone is 2. The number of unbranched alkanes of at least 4 members (excludes halogenated alkanes) is 3. The molecule has 3 N–H and O–H groups in total. The summed E-state index contributed by atoms with van der Waals surface area (Å²) in [5, 5.41) is 30.4. The largest absolute Gasteiger partial charge is 0.481 e. The predicted molar refractivity (Wildman–Crippen MR) is 123 cm³/mol. The molecular weight excluding hydrogens is 388 g/mol. The van der Waals surface area contributed by atoms with Crippen molar-refractivity contribution in [2.75, 3.05) is 0 Å². The fraction of sp³-hybridized carbons (Fsp3) is 0.815. The molecular formula is C27H42O4. The molecule has 0 aromatic rings. The number of carboxylic acids is 1. The number of carboxylic acid groups (broad SMARTS) is 1. The minimum Gasteiger partial charge on any atom is -0.481 e. The normalized spacial score (nSPS) is 33.1. The van der Waals surface area contributed by atoms with Gasteiger partial charge in [-0.1, -0.05) is 75.4 Å². The molecule has 1 unspecified atom stereocenters. The summed E-state index contributed by atoms with van der Waals surface area (Å²) in [5.41, 5.74) is 1.49. The number of hydrogen-bond donors (Lipinski definition) is 3. The average Bonchev–Trinajstić information content (AvgIpc) is 2.76. The van der Waals surface area contributed by atoms with Gasteiger partial charge in [-0.25, -0.2) is 0 Å². The van der Waals surface area contributed by atoms with Gasteiger partial charge in [0.15, 0.2) is 0 Å². The topological polar surface area (TPSA) is 77.8 Å². The lowest BCUT2D eigenvalue weighted by Gasteiger charge is -2.59. The number of aliphatic hydroxyl groups excluding tert-OH is 2. The Morgan fingerprint density at radius 3 is 2.68 bits per heavy atom. The third kappa shape index (κ3) is 5.93. The van der Waals surface area contributed by atoms with Gasteiger partial charge in [-0.15, -0.1) is 0 Å². The van der Waals surface area contributed by atoms with Crippen LogP contribution in [0.2, 0.25) is 0 Å². The molecule has 0 bridgehead atoms. The zero-order chi connectivity index (χ0) is 22.3. The van der Waals surface area contributed by atoms with Gasteiger partial charge in [0.2, 0.25) is 0 Å². The molecule has 31 heavy (non-hydrogen) atoms. The first-order valence-electron chi connectivity index (χ1n) is 12.8. The van der Waals surface area contributed by atoms with Gasteiger partial charge in [-0.2, -0.15) is 0 Å². The summed E-state index contributed by atoms with van der Waals surface area (Å²) in [5.74, 6) is 6.30. The molecule has 0 spiro atoms. The van der Waals surface area contributed by atoms with Gasteiger partial charge in [0.05, 0.1) is 12.0 Å². The molecule has 3 saturated carbocycles. The van der Waals surface area contributed by atoms with Crippen LogP contribution in [-0.2, 0) is 4.79 Å². The maximum absolute atomic E-state index is 11.0. The molecule has 174 valence electrons. The Hall–Kier alpha value is -1.31. The molecule has 3 aliphatic rings. The zero-order valence-electron chi connectivity index (χ0n) is 19.3. The van der Waals surface area contributed by atoms with E-state index in [9.17, 15) is 15.0 Å². The number of hydrogen-bond acceptors (Lipinski definition) is 3.